The van der Waals surface area contributed by atoms with Crippen molar-refractivity contribution in [3.8, 4) is 0 Å². The fourth-order valence-corrected chi connectivity index (χ4v) is 7.79. The van der Waals surface area contributed by atoms with Gasteiger partial charge < -0.3 is 10.2 Å². The minimum absolute atomic E-state index is 0.0546. The number of hydrogen-bond donors (Lipinski definition) is 1. The summed E-state index contributed by atoms with van der Waals surface area (Å²) >= 11 is 4.01. The molecule has 0 aromatic carbocycles. The van der Waals surface area contributed by atoms with Gasteiger partial charge in [-0.25, -0.2) is 0 Å². The molecule has 0 spiro atoms. The first-order valence-electron chi connectivity index (χ1n) is 9.66. The molecule has 1 N–H and O–H groups in total. The molecule has 3 atom stereocenters. The molecule has 0 aromatic rings. The Bertz CT molecular complexity index is 460. The molecule has 5 aliphatic rings. The van der Waals surface area contributed by atoms with Gasteiger partial charge in [-0.15, -0.1) is 0 Å². The largest absolute Gasteiger partial charge is 0.355 e. The molecule has 3 nitrogen and oxygen atoms in total. The van der Waals surface area contributed by atoms with Crippen LogP contribution >= 0.6 is 15.9 Å². The fraction of sp³-hybridized carbons (Fsp3) is 0.947. The molecule has 130 valence electrons. The van der Waals surface area contributed by atoms with Crippen molar-refractivity contribution >= 4 is 21.8 Å². The number of likely N-dealkylation sites (tertiary alicyclic amines) is 1. The van der Waals surface area contributed by atoms with Crippen molar-refractivity contribution < 1.29 is 4.79 Å². The van der Waals surface area contributed by atoms with Gasteiger partial charge in [0.15, 0.2) is 0 Å². The van der Waals surface area contributed by atoms with E-state index in [-0.39, 0.29) is 9.74 Å². The summed E-state index contributed by atoms with van der Waals surface area (Å²) in [5.74, 6) is 2.49. The zero-order valence-electron chi connectivity index (χ0n) is 14.5. The van der Waals surface area contributed by atoms with Crippen molar-refractivity contribution in [1.82, 2.24) is 10.2 Å². The second kappa shape index (κ2) is 6.01. The monoisotopic (exact) mass is 382 g/mol. The Labute approximate surface area is 149 Å². The summed E-state index contributed by atoms with van der Waals surface area (Å²) in [7, 11) is 0. The Balaban J connectivity index is 1.33. The van der Waals surface area contributed by atoms with Gasteiger partial charge >= 0.3 is 0 Å². The lowest BCUT2D eigenvalue weighted by molar-refractivity contribution is -0.144. The summed E-state index contributed by atoms with van der Waals surface area (Å²) in [5.41, 5.74) is -0.0546. The van der Waals surface area contributed by atoms with E-state index in [4.69, 9.17) is 0 Å². The van der Waals surface area contributed by atoms with E-state index in [0.29, 0.717) is 11.8 Å². The molecule has 4 bridgehead atoms. The Morgan fingerprint density at radius 1 is 1.22 bits per heavy atom. The first kappa shape index (κ1) is 16.4. The van der Waals surface area contributed by atoms with Crippen LogP contribution in [0.5, 0.6) is 0 Å². The SMILES string of the molecule is CC(CNC(=O)C12CC3CC(CC(Br)(C3)C1)C2)CN1CCCC1. The average Bonchev–Trinajstić information content (AvgIpc) is 2.95. The number of hydrogen-bond acceptors (Lipinski definition) is 2. The number of carbonyl (C=O) groups excluding carboxylic acids is 1. The van der Waals surface area contributed by atoms with Crippen molar-refractivity contribution in [3.63, 3.8) is 0 Å². The molecule has 1 saturated heterocycles. The third kappa shape index (κ3) is 3.22. The molecular weight excluding hydrogens is 352 g/mol. The lowest BCUT2D eigenvalue weighted by atomic mass is 9.49. The predicted molar refractivity (Wildman–Crippen MR) is 96.6 cm³/mol. The van der Waals surface area contributed by atoms with Crippen molar-refractivity contribution in [2.45, 2.75) is 62.6 Å². The Hall–Kier alpha value is -0.0900. The van der Waals surface area contributed by atoms with E-state index in [1.165, 1.54) is 45.2 Å². The second-order valence-electron chi connectivity index (χ2n) is 9.22. The van der Waals surface area contributed by atoms with E-state index in [0.717, 1.165) is 44.2 Å². The molecule has 5 fully saturated rings. The summed E-state index contributed by atoms with van der Waals surface area (Å²) in [5, 5.41) is 3.34. The summed E-state index contributed by atoms with van der Waals surface area (Å²) in [6, 6.07) is 0. The van der Waals surface area contributed by atoms with Crippen LogP contribution in [-0.2, 0) is 4.79 Å². The van der Waals surface area contributed by atoms with Crippen molar-refractivity contribution in [1.29, 1.82) is 0 Å². The van der Waals surface area contributed by atoms with Crippen molar-refractivity contribution in [3.05, 3.63) is 0 Å². The van der Waals surface area contributed by atoms with E-state index in [2.05, 4.69) is 33.1 Å². The molecule has 0 aromatic heterocycles. The highest BCUT2D eigenvalue weighted by Gasteiger charge is 2.59. The van der Waals surface area contributed by atoms with Crippen LogP contribution in [0.3, 0.4) is 0 Å². The minimum atomic E-state index is -0.0546. The van der Waals surface area contributed by atoms with Crippen LogP contribution in [0, 0.1) is 23.2 Å². The fourth-order valence-electron chi connectivity index (χ4n) is 6.34. The lowest BCUT2D eigenvalue weighted by Crippen LogP contribution is -2.58. The topological polar surface area (TPSA) is 32.3 Å². The normalized spacial score (nSPS) is 43.7. The van der Waals surface area contributed by atoms with E-state index in [9.17, 15) is 4.79 Å². The van der Waals surface area contributed by atoms with Crippen LogP contribution in [0.4, 0.5) is 0 Å². The van der Waals surface area contributed by atoms with Crippen LogP contribution in [-0.4, -0.2) is 41.3 Å². The summed E-state index contributed by atoms with van der Waals surface area (Å²) < 4.78 is 0.273. The van der Waals surface area contributed by atoms with Crippen LogP contribution in [0.25, 0.3) is 0 Å². The quantitative estimate of drug-likeness (QED) is 0.737. The second-order valence-corrected chi connectivity index (χ2v) is 10.9. The average molecular weight is 383 g/mol. The zero-order chi connectivity index (χ0) is 16.1. The molecule has 4 saturated carbocycles. The number of nitrogens with one attached hydrogen (secondary N) is 1. The number of halogens is 1. The van der Waals surface area contributed by atoms with E-state index >= 15 is 0 Å². The van der Waals surface area contributed by atoms with Gasteiger partial charge in [0.2, 0.25) is 5.91 Å². The highest BCUT2D eigenvalue weighted by molar-refractivity contribution is 9.10. The smallest absolute Gasteiger partial charge is 0.226 e. The van der Waals surface area contributed by atoms with Gasteiger partial charge in [-0.1, -0.05) is 22.9 Å². The van der Waals surface area contributed by atoms with Crippen LogP contribution < -0.4 is 5.32 Å². The maximum absolute atomic E-state index is 13.0. The van der Waals surface area contributed by atoms with Gasteiger partial charge in [-0.2, -0.15) is 0 Å². The molecule has 5 rings (SSSR count). The van der Waals surface area contributed by atoms with E-state index in [1.807, 2.05) is 0 Å². The standard InChI is InChI=1S/C19H31BrN2O/c1-14(12-22-4-2-3-5-22)11-21-17(23)18-7-15-6-16(8-18)10-19(20,9-15)13-18/h14-16H,2-13H2,1H3,(H,21,23). The summed E-state index contributed by atoms with van der Waals surface area (Å²) in [4.78, 5) is 15.6. The molecule has 1 aliphatic heterocycles. The summed E-state index contributed by atoms with van der Waals surface area (Å²) in [6.07, 6.45) is 10.0. The van der Waals surface area contributed by atoms with Gasteiger partial charge in [-0.3, -0.25) is 4.79 Å². The third-order valence-electron chi connectivity index (χ3n) is 6.85. The minimum Gasteiger partial charge on any atom is -0.355 e. The zero-order valence-corrected chi connectivity index (χ0v) is 16.0. The number of nitrogens with zero attached hydrogens (tertiary/aromatic N) is 1. The molecule has 1 heterocycles. The van der Waals surface area contributed by atoms with Gasteiger partial charge in [-0.05, 0) is 82.2 Å². The van der Waals surface area contributed by atoms with Gasteiger partial charge in [0.25, 0.3) is 0 Å². The highest BCUT2D eigenvalue weighted by Crippen LogP contribution is 2.64. The lowest BCUT2D eigenvalue weighted by Gasteiger charge is -2.59. The van der Waals surface area contributed by atoms with Crippen LogP contribution in [0.15, 0.2) is 0 Å². The Morgan fingerprint density at radius 3 is 2.48 bits per heavy atom. The Morgan fingerprint density at radius 2 is 1.87 bits per heavy atom. The van der Waals surface area contributed by atoms with Crippen molar-refractivity contribution in [2.24, 2.45) is 23.2 Å². The molecule has 23 heavy (non-hydrogen) atoms. The molecular formula is C19H31BrN2O. The first-order chi connectivity index (χ1) is 11.0. The van der Waals surface area contributed by atoms with Gasteiger partial charge in [0, 0.05) is 17.4 Å². The number of carbonyl (C=O) groups is 1. The molecule has 4 heteroatoms. The first-order valence-corrected chi connectivity index (χ1v) is 10.5. The highest BCUT2D eigenvalue weighted by atomic mass is 79.9. The summed E-state index contributed by atoms with van der Waals surface area (Å²) in [6.45, 7) is 6.77. The molecule has 3 unspecified atom stereocenters. The number of alkyl halides is 1. The molecule has 0 radical (unpaired) electrons. The number of amides is 1. The number of rotatable bonds is 5. The van der Waals surface area contributed by atoms with Gasteiger partial charge in [0.1, 0.15) is 0 Å². The molecule has 4 aliphatic carbocycles. The predicted octanol–water partition coefficient (Wildman–Crippen LogP) is 3.57. The molecule has 1 amide bonds. The van der Waals surface area contributed by atoms with Gasteiger partial charge in [0.05, 0.1) is 5.41 Å². The Kier molecular flexibility index (Phi) is 4.28. The maximum atomic E-state index is 13.0. The van der Waals surface area contributed by atoms with Crippen molar-refractivity contribution in [2.75, 3.05) is 26.2 Å². The van der Waals surface area contributed by atoms with E-state index < -0.39 is 0 Å². The third-order valence-corrected chi connectivity index (χ3v) is 7.78. The maximum Gasteiger partial charge on any atom is 0.226 e. The van der Waals surface area contributed by atoms with E-state index in [1.54, 1.807) is 0 Å². The van der Waals surface area contributed by atoms with Crippen LogP contribution in [0.2, 0.25) is 0 Å². The van der Waals surface area contributed by atoms with Crippen LogP contribution in [0.1, 0.15) is 58.3 Å².